The van der Waals surface area contributed by atoms with Gasteiger partial charge in [-0.25, -0.2) is 0 Å². The average molecular weight is 347 g/mol. The third-order valence-electron chi connectivity index (χ3n) is 3.98. The minimum atomic E-state index is 0.442. The summed E-state index contributed by atoms with van der Waals surface area (Å²) in [7, 11) is 0. The molecule has 1 aliphatic rings. The maximum atomic E-state index is 3.70. The molecule has 0 bridgehead atoms. The Morgan fingerprint density at radius 2 is 2.20 bits per heavy atom. The van der Waals surface area contributed by atoms with Crippen LogP contribution in [0.25, 0.3) is 10.9 Å². The molecule has 4 rings (SSSR count). The van der Waals surface area contributed by atoms with Gasteiger partial charge in [0.05, 0.1) is 9.83 Å². The number of thiophene rings is 1. The number of hydrogen-bond acceptors (Lipinski definition) is 2. The highest BCUT2D eigenvalue weighted by atomic mass is 79.9. The first-order chi connectivity index (χ1) is 9.79. The van der Waals surface area contributed by atoms with Crippen molar-refractivity contribution in [3.8, 4) is 0 Å². The van der Waals surface area contributed by atoms with Crippen LogP contribution in [0.15, 0.2) is 40.3 Å². The molecule has 0 radical (unpaired) electrons. The minimum absolute atomic E-state index is 0.442. The van der Waals surface area contributed by atoms with Gasteiger partial charge in [-0.15, -0.1) is 11.3 Å². The Hall–Kier alpha value is -1.26. The lowest BCUT2D eigenvalue weighted by molar-refractivity contribution is 0.609. The number of benzene rings is 1. The van der Waals surface area contributed by atoms with E-state index in [9.17, 15) is 0 Å². The molecule has 0 fully saturated rings. The Morgan fingerprint density at radius 1 is 1.25 bits per heavy atom. The predicted octanol–water partition coefficient (Wildman–Crippen LogP) is 5.48. The number of halogens is 1. The number of anilines is 1. The second-order valence-corrected chi connectivity index (χ2v) is 7.81. The van der Waals surface area contributed by atoms with Crippen LogP contribution in [0.4, 0.5) is 5.69 Å². The number of nitrogens with one attached hydrogen (secondary N) is 2. The summed E-state index contributed by atoms with van der Waals surface area (Å²) in [5.74, 6) is 0. The molecule has 102 valence electrons. The van der Waals surface area contributed by atoms with Gasteiger partial charge in [0.1, 0.15) is 0 Å². The van der Waals surface area contributed by atoms with Gasteiger partial charge in [-0.05, 0) is 71.1 Å². The Balaban J connectivity index is 1.65. The summed E-state index contributed by atoms with van der Waals surface area (Å²) in [6.45, 7) is 0. The number of aromatic nitrogens is 1. The van der Waals surface area contributed by atoms with E-state index in [0.29, 0.717) is 6.04 Å². The zero-order chi connectivity index (χ0) is 13.5. The summed E-state index contributed by atoms with van der Waals surface area (Å²) in [6, 6.07) is 11.4. The van der Waals surface area contributed by atoms with E-state index < -0.39 is 0 Å². The number of aromatic amines is 1. The summed E-state index contributed by atoms with van der Waals surface area (Å²) in [5, 5.41) is 4.97. The second-order valence-electron chi connectivity index (χ2n) is 5.30. The van der Waals surface area contributed by atoms with Crippen LogP contribution in [0.5, 0.6) is 0 Å². The zero-order valence-electron chi connectivity index (χ0n) is 10.9. The molecule has 2 aromatic heterocycles. The van der Waals surface area contributed by atoms with Crippen molar-refractivity contribution in [2.45, 2.75) is 25.3 Å². The predicted molar refractivity (Wildman–Crippen MR) is 89.6 cm³/mol. The standard InChI is InChI=1S/C16H15BrN2S/c17-16-9-12-14(2-1-3-15(12)20-16)19-11-4-5-13-10(8-11)6-7-18-13/h4-9,14,18-19H,1-3H2. The van der Waals surface area contributed by atoms with Gasteiger partial charge in [-0.3, -0.25) is 0 Å². The first kappa shape index (κ1) is 12.5. The highest BCUT2D eigenvalue weighted by Crippen LogP contribution is 2.39. The summed E-state index contributed by atoms with van der Waals surface area (Å²) in [6.07, 6.45) is 5.69. The fourth-order valence-corrected chi connectivity index (χ4v) is 4.84. The molecule has 20 heavy (non-hydrogen) atoms. The van der Waals surface area contributed by atoms with Crippen LogP contribution in [0.1, 0.15) is 29.3 Å². The fraction of sp³-hybridized carbons (Fsp3) is 0.250. The van der Waals surface area contributed by atoms with E-state index in [4.69, 9.17) is 0 Å². The molecule has 1 atom stereocenters. The summed E-state index contributed by atoms with van der Waals surface area (Å²) < 4.78 is 1.25. The van der Waals surface area contributed by atoms with E-state index in [1.807, 2.05) is 17.5 Å². The van der Waals surface area contributed by atoms with Crippen molar-refractivity contribution in [3.63, 3.8) is 0 Å². The largest absolute Gasteiger partial charge is 0.378 e. The molecule has 2 N–H and O–H groups in total. The zero-order valence-corrected chi connectivity index (χ0v) is 13.4. The lowest BCUT2D eigenvalue weighted by Crippen LogP contribution is -2.15. The number of hydrogen-bond donors (Lipinski definition) is 2. The molecule has 0 spiro atoms. The van der Waals surface area contributed by atoms with Gasteiger partial charge in [-0.1, -0.05) is 0 Å². The van der Waals surface area contributed by atoms with E-state index in [1.54, 1.807) is 0 Å². The molecule has 0 saturated heterocycles. The van der Waals surface area contributed by atoms with Crippen LogP contribution in [-0.4, -0.2) is 4.98 Å². The third-order valence-corrected chi connectivity index (χ3v) is 5.69. The number of rotatable bonds is 2. The molecular formula is C16H15BrN2S. The first-order valence-corrected chi connectivity index (χ1v) is 8.52. The minimum Gasteiger partial charge on any atom is -0.378 e. The smallest absolute Gasteiger partial charge is 0.0705 e. The molecule has 0 saturated carbocycles. The molecule has 0 aliphatic heterocycles. The van der Waals surface area contributed by atoms with Crippen LogP contribution < -0.4 is 5.32 Å². The molecule has 2 nitrogen and oxygen atoms in total. The van der Waals surface area contributed by atoms with Crippen molar-refractivity contribution in [3.05, 3.63) is 50.8 Å². The van der Waals surface area contributed by atoms with Crippen LogP contribution in [0, 0.1) is 0 Å². The molecule has 4 heteroatoms. The van der Waals surface area contributed by atoms with E-state index in [-0.39, 0.29) is 0 Å². The molecule has 1 aromatic carbocycles. The Labute approximate surface area is 130 Å². The van der Waals surface area contributed by atoms with Crippen molar-refractivity contribution in [2.75, 3.05) is 5.32 Å². The molecule has 0 amide bonds. The second kappa shape index (κ2) is 4.93. The normalized spacial score (nSPS) is 18.1. The maximum Gasteiger partial charge on any atom is 0.0705 e. The first-order valence-electron chi connectivity index (χ1n) is 6.91. The number of fused-ring (bicyclic) bond motifs is 2. The monoisotopic (exact) mass is 346 g/mol. The van der Waals surface area contributed by atoms with Gasteiger partial charge in [0.15, 0.2) is 0 Å². The van der Waals surface area contributed by atoms with E-state index in [2.05, 4.69) is 56.6 Å². The van der Waals surface area contributed by atoms with Crippen molar-refractivity contribution in [2.24, 2.45) is 0 Å². The SMILES string of the molecule is Brc1cc2c(s1)CCCC2Nc1ccc2[nH]ccc2c1. The van der Waals surface area contributed by atoms with Gasteiger partial charge in [0.2, 0.25) is 0 Å². The highest BCUT2D eigenvalue weighted by Gasteiger charge is 2.22. The van der Waals surface area contributed by atoms with Gasteiger partial charge in [0, 0.05) is 27.7 Å². The fourth-order valence-electron chi connectivity index (χ4n) is 3.02. The summed E-state index contributed by atoms with van der Waals surface area (Å²) >= 11 is 5.50. The van der Waals surface area contributed by atoms with E-state index >= 15 is 0 Å². The molecule has 1 aliphatic carbocycles. The van der Waals surface area contributed by atoms with Crippen LogP contribution in [0.3, 0.4) is 0 Å². The highest BCUT2D eigenvalue weighted by molar-refractivity contribution is 9.11. The Kier molecular flexibility index (Phi) is 3.08. The van der Waals surface area contributed by atoms with Crippen molar-refractivity contribution < 1.29 is 0 Å². The van der Waals surface area contributed by atoms with Gasteiger partial charge >= 0.3 is 0 Å². The maximum absolute atomic E-state index is 3.70. The number of aryl methyl sites for hydroxylation is 1. The molecule has 2 heterocycles. The summed E-state index contributed by atoms with van der Waals surface area (Å²) in [4.78, 5) is 4.77. The van der Waals surface area contributed by atoms with E-state index in [0.717, 1.165) is 0 Å². The van der Waals surface area contributed by atoms with Gasteiger partial charge < -0.3 is 10.3 Å². The van der Waals surface area contributed by atoms with Crippen molar-refractivity contribution >= 4 is 43.9 Å². The average Bonchev–Trinajstić information content (AvgIpc) is 3.04. The summed E-state index contributed by atoms with van der Waals surface area (Å²) in [5.41, 5.74) is 3.87. The van der Waals surface area contributed by atoms with Crippen molar-refractivity contribution in [1.82, 2.24) is 4.98 Å². The Bertz CT molecular complexity index is 759. The molecular weight excluding hydrogens is 332 g/mol. The van der Waals surface area contributed by atoms with Crippen LogP contribution >= 0.6 is 27.3 Å². The topological polar surface area (TPSA) is 27.8 Å². The third kappa shape index (κ3) is 2.17. The molecule has 3 aromatic rings. The number of H-pyrrole nitrogens is 1. The van der Waals surface area contributed by atoms with Crippen LogP contribution in [-0.2, 0) is 6.42 Å². The lowest BCUT2D eigenvalue weighted by atomic mass is 9.94. The quantitative estimate of drug-likeness (QED) is 0.631. The Morgan fingerprint density at radius 3 is 3.15 bits per heavy atom. The van der Waals surface area contributed by atoms with Crippen molar-refractivity contribution in [1.29, 1.82) is 0 Å². The van der Waals surface area contributed by atoms with Gasteiger partial charge in [0.25, 0.3) is 0 Å². The molecule has 1 unspecified atom stereocenters. The lowest BCUT2D eigenvalue weighted by Gasteiger charge is -2.24. The van der Waals surface area contributed by atoms with Crippen LogP contribution in [0.2, 0.25) is 0 Å². The van der Waals surface area contributed by atoms with E-state index in [1.165, 1.54) is 50.1 Å². The van der Waals surface area contributed by atoms with Gasteiger partial charge in [-0.2, -0.15) is 0 Å².